The summed E-state index contributed by atoms with van der Waals surface area (Å²) in [5, 5.41) is 3.17. The first-order chi connectivity index (χ1) is 11.5. The predicted molar refractivity (Wildman–Crippen MR) is 99.2 cm³/mol. The number of ether oxygens (including phenoxy) is 1. The maximum atomic E-state index is 12.7. The van der Waals surface area contributed by atoms with Crippen LogP contribution >= 0.6 is 15.9 Å². The first-order valence-electron chi connectivity index (χ1n) is 8.84. The summed E-state index contributed by atoms with van der Waals surface area (Å²) in [7, 11) is 0. The number of hydrogen-bond acceptors (Lipinski definition) is 2. The minimum absolute atomic E-state index is 0.0783. The molecule has 0 bridgehead atoms. The van der Waals surface area contributed by atoms with Gasteiger partial charge in [-0.05, 0) is 37.0 Å². The molecule has 1 aliphatic heterocycles. The van der Waals surface area contributed by atoms with Crippen molar-refractivity contribution in [3.8, 4) is 0 Å². The van der Waals surface area contributed by atoms with E-state index in [4.69, 9.17) is 4.74 Å². The molecule has 2 fully saturated rings. The minimum atomic E-state index is -0.0952. The summed E-state index contributed by atoms with van der Waals surface area (Å²) in [5.74, 6) is 0.496. The number of nitrogens with zero attached hydrogens (tertiary/aromatic N) is 1. The van der Waals surface area contributed by atoms with Gasteiger partial charge in [0.1, 0.15) is 0 Å². The van der Waals surface area contributed by atoms with Crippen molar-refractivity contribution in [1.82, 2.24) is 10.2 Å². The summed E-state index contributed by atoms with van der Waals surface area (Å²) < 4.78 is 6.53. The third-order valence-electron chi connectivity index (χ3n) is 5.03. The Kier molecular flexibility index (Phi) is 5.50. The van der Waals surface area contributed by atoms with Gasteiger partial charge in [-0.3, -0.25) is 0 Å². The lowest BCUT2D eigenvalue weighted by molar-refractivity contribution is 0.161. The SMILES string of the molecule is CC(C)(CNC(=O)N(CC1CCOC1)C1CC1)c1ccc(Br)cc1. The van der Waals surface area contributed by atoms with Crippen molar-refractivity contribution in [2.45, 2.75) is 44.6 Å². The lowest BCUT2D eigenvalue weighted by Crippen LogP contribution is -2.47. The molecular formula is C19H27BrN2O2. The zero-order valence-corrected chi connectivity index (χ0v) is 16.1. The number of halogens is 1. The summed E-state index contributed by atoms with van der Waals surface area (Å²) in [6.07, 6.45) is 3.34. The van der Waals surface area contributed by atoms with E-state index in [1.54, 1.807) is 0 Å². The fraction of sp³-hybridized carbons (Fsp3) is 0.632. The molecular weight excluding hydrogens is 368 g/mol. The van der Waals surface area contributed by atoms with E-state index in [9.17, 15) is 4.79 Å². The van der Waals surface area contributed by atoms with Gasteiger partial charge < -0.3 is 15.0 Å². The van der Waals surface area contributed by atoms with E-state index in [1.807, 2.05) is 4.90 Å². The lowest BCUT2D eigenvalue weighted by Gasteiger charge is -2.30. The molecule has 4 nitrogen and oxygen atoms in total. The number of hydrogen-bond donors (Lipinski definition) is 1. The van der Waals surface area contributed by atoms with Gasteiger partial charge in [0.2, 0.25) is 0 Å². The van der Waals surface area contributed by atoms with Gasteiger partial charge in [0, 0.05) is 41.5 Å². The zero-order valence-electron chi connectivity index (χ0n) is 14.6. The molecule has 5 heteroatoms. The van der Waals surface area contributed by atoms with Crippen molar-refractivity contribution < 1.29 is 9.53 Å². The van der Waals surface area contributed by atoms with Crippen molar-refractivity contribution in [3.05, 3.63) is 34.3 Å². The van der Waals surface area contributed by atoms with E-state index < -0.39 is 0 Å². The Balaban J connectivity index is 1.57. The molecule has 1 aromatic carbocycles. The van der Waals surface area contributed by atoms with E-state index in [2.05, 4.69) is 59.4 Å². The summed E-state index contributed by atoms with van der Waals surface area (Å²) in [5.41, 5.74) is 1.13. The molecule has 1 heterocycles. The number of benzene rings is 1. The van der Waals surface area contributed by atoms with Crippen LogP contribution in [0.15, 0.2) is 28.7 Å². The zero-order chi connectivity index (χ0) is 17.2. The van der Waals surface area contributed by atoms with E-state index in [1.165, 1.54) is 5.56 Å². The van der Waals surface area contributed by atoms with E-state index in [0.29, 0.717) is 18.5 Å². The third kappa shape index (κ3) is 4.51. The molecule has 3 rings (SSSR count). The van der Waals surface area contributed by atoms with Crippen LogP contribution in [0.25, 0.3) is 0 Å². The molecule has 2 amide bonds. The fourth-order valence-corrected chi connectivity index (χ4v) is 3.46. The fourth-order valence-electron chi connectivity index (χ4n) is 3.19. The van der Waals surface area contributed by atoms with Gasteiger partial charge in [0.05, 0.1) is 6.61 Å². The largest absolute Gasteiger partial charge is 0.381 e. The Bertz CT molecular complexity index is 563. The third-order valence-corrected chi connectivity index (χ3v) is 5.56. The molecule has 1 N–H and O–H groups in total. The number of carbonyl (C=O) groups is 1. The van der Waals surface area contributed by atoms with Crippen LogP contribution in [0.4, 0.5) is 4.79 Å². The number of amides is 2. The van der Waals surface area contributed by atoms with Crippen LogP contribution in [-0.2, 0) is 10.2 Å². The van der Waals surface area contributed by atoms with Gasteiger partial charge in [0.25, 0.3) is 0 Å². The Labute approximate surface area is 153 Å². The Morgan fingerprint density at radius 2 is 2.00 bits per heavy atom. The number of urea groups is 1. The number of carbonyl (C=O) groups excluding carboxylic acids is 1. The molecule has 1 saturated carbocycles. The second kappa shape index (κ2) is 7.44. The van der Waals surface area contributed by atoms with E-state index in [-0.39, 0.29) is 11.4 Å². The topological polar surface area (TPSA) is 41.6 Å². The molecule has 1 unspecified atom stereocenters. The molecule has 2 aliphatic rings. The molecule has 1 aromatic rings. The Morgan fingerprint density at radius 3 is 2.58 bits per heavy atom. The maximum Gasteiger partial charge on any atom is 0.317 e. The molecule has 132 valence electrons. The standard InChI is InChI=1S/C19H27BrN2O2/c1-19(2,15-3-5-16(20)6-4-15)13-21-18(23)22(17-7-8-17)11-14-9-10-24-12-14/h3-6,14,17H,7-13H2,1-2H3,(H,21,23). The maximum absolute atomic E-state index is 12.7. The Hall–Kier alpha value is -1.07. The second-order valence-corrected chi connectivity index (χ2v) is 8.58. The van der Waals surface area contributed by atoms with Gasteiger partial charge in [-0.25, -0.2) is 4.79 Å². The summed E-state index contributed by atoms with van der Waals surface area (Å²) in [4.78, 5) is 14.7. The van der Waals surface area contributed by atoms with Gasteiger partial charge in [-0.1, -0.05) is 41.9 Å². The molecule has 1 aliphatic carbocycles. The van der Waals surface area contributed by atoms with Crippen molar-refractivity contribution >= 4 is 22.0 Å². The number of nitrogens with one attached hydrogen (secondary N) is 1. The summed E-state index contributed by atoms with van der Waals surface area (Å²) in [6, 6.07) is 8.84. The van der Waals surface area contributed by atoms with Crippen LogP contribution in [0.3, 0.4) is 0 Å². The van der Waals surface area contributed by atoms with Crippen LogP contribution in [0, 0.1) is 5.92 Å². The lowest BCUT2D eigenvalue weighted by atomic mass is 9.85. The van der Waals surface area contributed by atoms with E-state index in [0.717, 1.165) is 43.5 Å². The highest BCUT2D eigenvalue weighted by Crippen LogP contribution is 2.29. The van der Waals surface area contributed by atoms with Crippen molar-refractivity contribution in [3.63, 3.8) is 0 Å². The minimum Gasteiger partial charge on any atom is -0.381 e. The average Bonchev–Trinajstić information content (AvgIpc) is 3.27. The van der Waals surface area contributed by atoms with Crippen molar-refractivity contribution in [1.29, 1.82) is 0 Å². The number of rotatable bonds is 6. The predicted octanol–water partition coefficient (Wildman–Crippen LogP) is 3.94. The normalized spacial score (nSPS) is 20.9. The average molecular weight is 395 g/mol. The smallest absolute Gasteiger partial charge is 0.317 e. The Morgan fingerprint density at radius 1 is 1.29 bits per heavy atom. The van der Waals surface area contributed by atoms with Crippen molar-refractivity contribution in [2.24, 2.45) is 5.92 Å². The van der Waals surface area contributed by atoms with Crippen LogP contribution in [0.2, 0.25) is 0 Å². The molecule has 1 saturated heterocycles. The highest BCUT2D eigenvalue weighted by molar-refractivity contribution is 9.10. The monoisotopic (exact) mass is 394 g/mol. The van der Waals surface area contributed by atoms with Crippen LogP contribution in [0.1, 0.15) is 38.7 Å². The molecule has 0 aromatic heterocycles. The molecule has 1 atom stereocenters. The first kappa shape index (κ1) is 17.7. The molecule has 0 radical (unpaired) electrons. The van der Waals surface area contributed by atoms with Crippen molar-refractivity contribution in [2.75, 3.05) is 26.3 Å². The van der Waals surface area contributed by atoms with Gasteiger partial charge in [0.15, 0.2) is 0 Å². The van der Waals surface area contributed by atoms with E-state index >= 15 is 0 Å². The molecule has 24 heavy (non-hydrogen) atoms. The highest BCUT2D eigenvalue weighted by Gasteiger charge is 2.35. The van der Waals surface area contributed by atoms with Crippen LogP contribution in [0.5, 0.6) is 0 Å². The second-order valence-electron chi connectivity index (χ2n) is 7.66. The molecule has 0 spiro atoms. The van der Waals surface area contributed by atoms with Gasteiger partial charge >= 0.3 is 6.03 Å². The summed E-state index contributed by atoms with van der Waals surface area (Å²) in [6.45, 7) is 7.43. The van der Waals surface area contributed by atoms with Gasteiger partial charge in [-0.15, -0.1) is 0 Å². The van der Waals surface area contributed by atoms with Gasteiger partial charge in [-0.2, -0.15) is 0 Å². The first-order valence-corrected chi connectivity index (χ1v) is 9.63. The highest BCUT2D eigenvalue weighted by atomic mass is 79.9. The quantitative estimate of drug-likeness (QED) is 0.793. The summed E-state index contributed by atoms with van der Waals surface area (Å²) >= 11 is 3.47. The van der Waals surface area contributed by atoms with Crippen LogP contribution < -0.4 is 5.32 Å². The van der Waals surface area contributed by atoms with Crippen LogP contribution in [-0.4, -0.2) is 43.3 Å².